The van der Waals surface area contributed by atoms with Gasteiger partial charge in [-0.05, 0) is 82.2 Å². The van der Waals surface area contributed by atoms with Gasteiger partial charge >= 0.3 is 5.97 Å². The van der Waals surface area contributed by atoms with E-state index in [1.807, 2.05) is 69.3 Å². The highest BCUT2D eigenvalue weighted by Gasteiger charge is 2.44. The molecule has 0 radical (unpaired) electrons. The Kier molecular flexibility index (Phi) is 7.74. The first kappa shape index (κ1) is 23.3. The highest BCUT2D eigenvalue weighted by Crippen LogP contribution is 2.50. The molecule has 0 bridgehead atoms. The second-order valence-electron chi connectivity index (χ2n) is 9.44. The summed E-state index contributed by atoms with van der Waals surface area (Å²) in [6.07, 6.45) is 3.82. The number of aliphatic hydroxyl groups excluding tert-OH is 1. The Labute approximate surface area is 185 Å². The van der Waals surface area contributed by atoms with Gasteiger partial charge in [-0.1, -0.05) is 30.3 Å². The average molecular weight is 427 g/mol. The first-order valence-corrected chi connectivity index (χ1v) is 11.0. The van der Waals surface area contributed by atoms with Gasteiger partial charge in [-0.2, -0.15) is 0 Å². The molecule has 3 rings (SSSR count). The zero-order chi connectivity index (χ0) is 22.3. The molecule has 1 N–H and O–H groups in total. The van der Waals surface area contributed by atoms with E-state index in [4.69, 9.17) is 14.2 Å². The van der Waals surface area contributed by atoms with E-state index in [1.165, 1.54) is 0 Å². The van der Waals surface area contributed by atoms with Gasteiger partial charge in [-0.3, -0.25) is 0 Å². The van der Waals surface area contributed by atoms with Crippen LogP contribution in [0.5, 0.6) is 11.5 Å². The van der Waals surface area contributed by atoms with Crippen molar-refractivity contribution >= 4 is 5.97 Å². The molecule has 1 aliphatic rings. The summed E-state index contributed by atoms with van der Waals surface area (Å²) in [6, 6.07) is 17.8. The van der Waals surface area contributed by atoms with Crippen LogP contribution in [-0.2, 0) is 19.7 Å². The van der Waals surface area contributed by atoms with Gasteiger partial charge in [-0.25, -0.2) is 4.79 Å². The summed E-state index contributed by atoms with van der Waals surface area (Å²) < 4.78 is 16.6. The third kappa shape index (κ3) is 6.81. The van der Waals surface area contributed by atoms with Crippen molar-refractivity contribution < 1.29 is 24.1 Å². The second-order valence-corrected chi connectivity index (χ2v) is 9.44. The molecule has 0 atom stereocenters. The fourth-order valence-electron chi connectivity index (χ4n) is 4.22. The Morgan fingerprint density at radius 3 is 2.45 bits per heavy atom. The Morgan fingerprint density at radius 2 is 1.77 bits per heavy atom. The van der Waals surface area contributed by atoms with Crippen molar-refractivity contribution in [2.45, 2.75) is 57.5 Å². The zero-order valence-electron chi connectivity index (χ0n) is 18.8. The van der Waals surface area contributed by atoms with Gasteiger partial charge in [-0.15, -0.1) is 0 Å². The minimum Gasteiger partial charge on any atom is -0.458 e. The third-order valence-corrected chi connectivity index (χ3v) is 5.63. The van der Waals surface area contributed by atoms with E-state index < -0.39 is 5.60 Å². The van der Waals surface area contributed by atoms with Gasteiger partial charge in [0, 0.05) is 12.0 Å². The van der Waals surface area contributed by atoms with Crippen LogP contribution >= 0.6 is 0 Å². The standard InChI is InChI=1S/C26H34O5/c1-25(2,3)31-24(28)18-29-14-8-9-20-16-26(17-20,19-27)21-10-7-13-23(15-21)30-22-11-5-4-6-12-22/h4-7,10-13,15,20,27H,8-9,14,16-19H2,1-3H3. The summed E-state index contributed by atoms with van der Waals surface area (Å²) in [5, 5.41) is 10.1. The van der Waals surface area contributed by atoms with E-state index in [2.05, 4.69) is 6.07 Å². The lowest BCUT2D eigenvalue weighted by Gasteiger charge is -2.47. The number of hydrogen-bond acceptors (Lipinski definition) is 5. The van der Waals surface area contributed by atoms with Crippen LogP contribution in [0, 0.1) is 5.92 Å². The highest BCUT2D eigenvalue weighted by atomic mass is 16.6. The van der Waals surface area contributed by atoms with Gasteiger partial charge in [0.1, 0.15) is 23.7 Å². The minimum atomic E-state index is -0.483. The number of carbonyl (C=O) groups is 1. The van der Waals surface area contributed by atoms with E-state index >= 15 is 0 Å². The molecular weight excluding hydrogens is 392 g/mol. The zero-order valence-corrected chi connectivity index (χ0v) is 18.8. The molecule has 5 nitrogen and oxygen atoms in total. The molecule has 0 aliphatic heterocycles. The number of rotatable bonds is 10. The fourth-order valence-corrected chi connectivity index (χ4v) is 4.22. The molecule has 1 saturated carbocycles. The topological polar surface area (TPSA) is 65.0 Å². The van der Waals surface area contributed by atoms with Crippen LogP contribution in [0.4, 0.5) is 0 Å². The minimum absolute atomic E-state index is 0.00325. The molecule has 1 aliphatic carbocycles. The van der Waals surface area contributed by atoms with Crippen molar-refractivity contribution in [3.8, 4) is 11.5 Å². The molecule has 31 heavy (non-hydrogen) atoms. The number of carbonyl (C=O) groups excluding carboxylic acids is 1. The molecule has 2 aromatic rings. The third-order valence-electron chi connectivity index (χ3n) is 5.63. The van der Waals surface area contributed by atoms with Crippen LogP contribution in [0.3, 0.4) is 0 Å². The lowest BCUT2D eigenvalue weighted by molar-refractivity contribution is -0.160. The van der Waals surface area contributed by atoms with Crippen molar-refractivity contribution in [1.82, 2.24) is 0 Å². The molecule has 1 fully saturated rings. The number of para-hydroxylation sites is 1. The van der Waals surface area contributed by atoms with Crippen LogP contribution in [-0.4, -0.2) is 36.5 Å². The van der Waals surface area contributed by atoms with E-state index in [9.17, 15) is 9.90 Å². The molecule has 0 aromatic heterocycles. The Morgan fingerprint density at radius 1 is 1.06 bits per heavy atom. The van der Waals surface area contributed by atoms with Gasteiger partial charge in [0.2, 0.25) is 0 Å². The SMILES string of the molecule is CC(C)(C)OC(=O)COCCCC1CC(CO)(c2cccc(Oc3ccccc3)c2)C1. The highest BCUT2D eigenvalue weighted by molar-refractivity contribution is 5.71. The molecule has 0 amide bonds. The largest absolute Gasteiger partial charge is 0.458 e. The number of esters is 1. The summed E-state index contributed by atoms with van der Waals surface area (Å²) >= 11 is 0. The Balaban J connectivity index is 1.43. The number of benzene rings is 2. The van der Waals surface area contributed by atoms with Crippen LogP contribution in [0.2, 0.25) is 0 Å². The molecule has 0 spiro atoms. The summed E-state index contributed by atoms with van der Waals surface area (Å²) in [7, 11) is 0. The molecule has 0 saturated heterocycles. The summed E-state index contributed by atoms with van der Waals surface area (Å²) in [6.45, 7) is 6.21. The van der Waals surface area contributed by atoms with Gasteiger partial charge in [0.15, 0.2) is 0 Å². The number of ether oxygens (including phenoxy) is 3. The van der Waals surface area contributed by atoms with Gasteiger partial charge < -0.3 is 19.3 Å². The lowest BCUT2D eigenvalue weighted by atomic mass is 9.58. The van der Waals surface area contributed by atoms with E-state index in [-0.39, 0.29) is 24.6 Å². The predicted molar refractivity (Wildman–Crippen MR) is 120 cm³/mol. The molecule has 5 heteroatoms. The summed E-state index contributed by atoms with van der Waals surface area (Å²) in [5.41, 5.74) is 0.447. The van der Waals surface area contributed by atoms with Gasteiger partial charge in [0.25, 0.3) is 0 Å². The number of hydrogen-bond donors (Lipinski definition) is 1. The van der Waals surface area contributed by atoms with Crippen molar-refractivity contribution in [3.05, 3.63) is 60.2 Å². The summed E-state index contributed by atoms with van der Waals surface area (Å²) in [4.78, 5) is 11.7. The fraction of sp³-hybridized carbons (Fsp3) is 0.500. The number of aliphatic hydroxyl groups is 1. The van der Waals surface area contributed by atoms with E-state index in [0.717, 1.165) is 42.7 Å². The van der Waals surface area contributed by atoms with Crippen LogP contribution < -0.4 is 4.74 Å². The van der Waals surface area contributed by atoms with Crippen molar-refractivity contribution in [2.24, 2.45) is 5.92 Å². The Hall–Kier alpha value is -2.37. The molecule has 0 heterocycles. The molecule has 0 unspecified atom stereocenters. The second kappa shape index (κ2) is 10.3. The smallest absolute Gasteiger partial charge is 0.332 e. The maximum atomic E-state index is 11.7. The maximum absolute atomic E-state index is 11.7. The summed E-state index contributed by atoms with van der Waals surface area (Å²) in [5.74, 6) is 1.81. The first-order chi connectivity index (χ1) is 14.8. The molecular formula is C26H34O5. The monoisotopic (exact) mass is 426 g/mol. The quantitative estimate of drug-likeness (QED) is 0.415. The normalized spacial score (nSPS) is 20.7. The van der Waals surface area contributed by atoms with Crippen LogP contribution in [0.1, 0.15) is 52.0 Å². The Bertz CT molecular complexity index is 834. The van der Waals surface area contributed by atoms with E-state index in [0.29, 0.717) is 12.5 Å². The lowest BCUT2D eigenvalue weighted by Crippen LogP contribution is -2.44. The maximum Gasteiger partial charge on any atom is 0.332 e. The molecule has 2 aromatic carbocycles. The van der Waals surface area contributed by atoms with Crippen molar-refractivity contribution in [2.75, 3.05) is 19.8 Å². The predicted octanol–water partition coefficient (Wildman–Crippen LogP) is 5.26. The van der Waals surface area contributed by atoms with E-state index in [1.54, 1.807) is 0 Å². The average Bonchev–Trinajstić information content (AvgIpc) is 2.69. The molecule has 168 valence electrons. The van der Waals surface area contributed by atoms with Gasteiger partial charge in [0.05, 0.1) is 6.61 Å². The van der Waals surface area contributed by atoms with Crippen LogP contribution in [0.25, 0.3) is 0 Å². The van der Waals surface area contributed by atoms with Crippen molar-refractivity contribution in [1.29, 1.82) is 0 Å². The van der Waals surface area contributed by atoms with Crippen LogP contribution in [0.15, 0.2) is 54.6 Å². The van der Waals surface area contributed by atoms with Crippen molar-refractivity contribution in [3.63, 3.8) is 0 Å². The first-order valence-electron chi connectivity index (χ1n) is 11.0.